The summed E-state index contributed by atoms with van der Waals surface area (Å²) in [6.45, 7) is 0.936. The average molecular weight is 239 g/mol. The molecule has 0 amide bonds. The van der Waals surface area contributed by atoms with Crippen molar-refractivity contribution in [3.05, 3.63) is 18.0 Å². The van der Waals surface area contributed by atoms with Crippen LogP contribution in [0.25, 0.3) is 0 Å². The number of aliphatic hydroxyl groups is 1. The van der Waals surface area contributed by atoms with Gasteiger partial charge in [0.2, 0.25) is 5.95 Å². The molecule has 0 saturated carbocycles. The third kappa shape index (κ3) is 5.26. The first-order valence-corrected chi connectivity index (χ1v) is 5.65. The Kier molecular flexibility index (Phi) is 5.95. The number of nitrogens with one attached hydrogen (secondary N) is 1. The lowest BCUT2D eigenvalue weighted by Gasteiger charge is -2.04. The summed E-state index contributed by atoms with van der Waals surface area (Å²) in [5.74, 6) is -0.717. The SMILES string of the molecule is O=C(O)c1ccnc(NCCCCCCO)n1. The Morgan fingerprint density at radius 1 is 1.29 bits per heavy atom. The van der Waals surface area contributed by atoms with Crippen LogP contribution in [-0.4, -0.2) is 39.3 Å². The van der Waals surface area contributed by atoms with Crippen LogP contribution >= 0.6 is 0 Å². The topological polar surface area (TPSA) is 95.3 Å². The molecule has 0 atom stereocenters. The van der Waals surface area contributed by atoms with E-state index in [-0.39, 0.29) is 12.3 Å². The predicted molar refractivity (Wildman–Crippen MR) is 63.0 cm³/mol. The third-order valence-electron chi connectivity index (χ3n) is 2.24. The van der Waals surface area contributed by atoms with Crippen LogP contribution in [-0.2, 0) is 0 Å². The molecule has 0 fully saturated rings. The van der Waals surface area contributed by atoms with Crippen molar-refractivity contribution in [2.24, 2.45) is 0 Å². The zero-order valence-corrected chi connectivity index (χ0v) is 9.59. The highest BCUT2D eigenvalue weighted by Gasteiger charge is 2.05. The number of carboxylic acids is 1. The number of unbranched alkanes of at least 4 members (excludes halogenated alkanes) is 3. The molecule has 1 heterocycles. The van der Waals surface area contributed by atoms with Gasteiger partial charge in [-0.25, -0.2) is 14.8 Å². The first-order chi connectivity index (χ1) is 8.24. The molecule has 0 aliphatic heterocycles. The van der Waals surface area contributed by atoms with E-state index in [0.717, 1.165) is 25.7 Å². The van der Waals surface area contributed by atoms with Crippen molar-refractivity contribution in [1.82, 2.24) is 9.97 Å². The summed E-state index contributed by atoms with van der Waals surface area (Å²) in [7, 11) is 0. The second-order valence-corrected chi connectivity index (χ2v) is 3.64. The fraction of sp³-hybridized carbons (Fsp3) is 0.545. The van der Waals surface area contributed by atoms with Gasteiger partial charge in [0, 0.05) is 19.3 Å². The quantitative estimate of drug-likeness (QED) is 0.589. The van der Waals surface area contributed by atoms with Crippen molar-refractivity contribution in [2.75, 3.05) is 18.5 Å². The van der Waals surface area contributed by atoms with E-state index in [4.69, 9.17) is 10.2 Å². The number of carboxylic acid groups (broad SMARTS) is 1. The van der Waals surface area contributed by atoms with E-state index in [2.05, 4.69) is 15.3 Å². The highest BCUT2D eigenvalue weighted by Crippen LogP contribution is 2.03. The molecule has 17 heavy (non-hydrogen) atoms. The molecule has 0 aliphatic carbocycles. The van der Waals surface area contributed by atoms with Gasteiger partial charge in [0.15, 0.2) is 5.69 Å². The maximum absolute atomic E-state index is 10.7. The van der Waals surface area contributed by atoms with Gasteiger partial charge in [-0.1, -0.05) is 12.8 Å². The van der Waals surface area contributed by atoms with Gasteiger partial charge in [-0.05, 0) is 18.9 Å². The monoisotopic (exact) mass is 239 g/mol. The molecule has 0 unspecified atom stereocenters. The van der Waals surface area contributed by atoms with Gasteiger partial charge >= 0.3 is 5.97 Å². The predicted octanol–water partition coefficient (Wildman–Crippen LogP) is 1.14. The molecular formula is C11H17N3O3. The third-order valence-corrected chi connectivity index (χ3v) is 2.24. The fourth-order valence-corrected chi connectivity index (χ4v) is 1.35. The number of carbonyl (C=O) groups is 1. The maximum Gasteiger partial charge on any atom is 0.354 e. The molecule has 0 aromatic carbocycles. The van der Waals surface area contributed by atoms with Crippen LogP contribution in [0.1, 0.15) is 36.2 Å². The molecule has 6 nitrogen and oxygen atoms in total. The van der Waals surface area contributed by atoms with Gasteiger partial charge < -0.3 is 15.5 Å². The number of aromatic nitrogens is 2. The summed E-state index contributed by atoms with van der Waals surface area (Å²) < 4.78 is 0. The molecule has 0 saturated heterocycles. The number of anilines is 1. The standard InChI is InChI=1S/C11H17N3O3/c15-8-4-2-1-3-6-12-11-13-7-5-9(14-11)10(16)17/h5,7,15H,1-4,6,8H2,(H,16,17)(H,12,13,14). The molecule has 0 bridgehead atoms. The zero-order valence-electron chi connectivity index (χ0n) is 9.59. The number of nitrogens with zero attached hydrogens (tertiary/aromatic N) is 2. The van der Waals surface area contributed by atoms with Crippen LogP contribution in [0.15, 0.2) is 12.3 Å². The smallest absolute Gasteiger partial charge is 0.354 e. The van der Waals surface area contributed by atoms with Crippen molar-refractivity contribution in [1.29, 1.82) is 0 Å². The Morgan fingerprint density at radius 2 is 2.06 bits per heavy atom. The molecule has 1 rings (SSSR count). The summed E-state index contributed by atoms with van der Waals surface area (Å²) in [4.78, 5) is 18.4. The van der Waals surface area contributed by atoms with Crippen molar-refractivity contribution in [2.45, 2.75) is 25.7 Å². The molecular weight excluding hydrogens is 222 g/mol. The molecule has 1 aromatic rings. The fourth-order valence-electron chi connectivity index (χ4n) is 1.35. The number of aromatic carboxylic acids is 1. The minimum atomic E-state index is -1.06. The summed E-state index contributed by atoms with van der Waals surface area (Å²) in [5, 5.41) is 20.3. The molecule has 3 N–H and O–H groups in total. The molecule has 0 aliphatic rings. The van der Waals surface area contributed by atoms with Gasteiger partial charge in [-0.15, -0.1) is 0 Å². The van der Waals surface area contributed by atoms with E-state index < -0.39 is 5.97 Å². The second-order valence-electron chi connectivity index (χ2n) is 3.64. The molecule has 0 spiro atoms. The zero-order chi connectivity index (χ0) is 12.5. The van der Waals surface area contributed by atoms with Crippen LogP contribution in [0.4, 0.5) is 5.95 Å². The minimum Gasteiger partial charge on any atom is -0.477 e. The Labute approximate surface area is 99.7 Å². The van der Waals surface area contributed by atoms with E-state index in [9.17, 15) is 4.79 Å². The van der Waals surface area contributed by atoms with E-state index >= 15 is 0 Å². The van der Waals surface area contributed by atoms with Crippen molar-refractivity contribution < 1.29 is 15.0 Å². The Morgan fingerprint density at radius 3 is 2.76 bits per heavy atom. The van der Waals surface area contributed by atoms with Gasteiger partial charge in [-0.3, -0.25) is 0 Å². The molecule has 1 aromatic heterocycles. The largest absolute Gasteiger partial charge is 0.477 e. The Bertz CT molecular complexity index is 358. The summed E-state index contributed by atoms with van der Waals surface area (Å²) in [5.41, 5.74) is -0.0113. The lowest BCUT2D eigenvalue weighted by Crippen LogP contribution is -2.08. The Balaban J connectivity index is 2.27. The highest BCUT2D eigenvalue weighted by atomic mass is 16.4. The van der Waals surface area contributed by atoms with Crippen molar-refractivity contribution in [3.8, 4) is 0 Å². The van der Waals surface area contributed by atoms with E-state index in [1.54, 1.807) is 0 Å². The highest BCUT2D eigenvalue weighted by molar-refractivity contribution is 5.85. The van der Waals surface area contributed by atoms with E-state index in [1.807, 2.05) is 0 Å². The summed E-state index contributed by atoms with van der Waals surface area (Å²) in [6, 6.07) is 1.36. The number of hydrogen-bond donors (Lipinski definition) is 3. The van der Waals surface area contributed by atoms with Crippen LogP contribution in [0, 0.1) is 0 Å². The number of aliphatic hydroxyl groups excluding tert-OH is 1. The van der Waals surface area contributed by atoms with Crippen LogP contribution < -0.4 is 5.32 Å². The second kappa shape index (κ2) is 7.56. The summed E-state index contributed by atoms with van der Waals surface area (Å²) >= 11 is 0. The van der Waals surface area contributed by atoms with Gasteiger partial charge in [0.25, 0.3) is 0 Å². The molecule has 94 valence electrons. The first kappa shape index (κ1) is 13.4. The van der Waals surface area contributed by atoms with Crippen LogP contribution in [0.3, 0.4) is 0 Å². The van der Waals surface area contributed by atoms with Crippen LogP contribution in [0.5, 0.6) is 0 Å². The minimum absolute atomic E-state index is 0.0113. The van der Waals surface area contributed by atoms with Crippen molar-refractivity contribution in [3.63, 3.8) is 0 Å². The lowest BCUT2D eigenvalue weighted by molar-refractivity contribution is 0.0690. The van der Waals surface area contributed by atoms with Gasteiger partial charge in [0.1, 0.15) is 0 Å². The van der Waals surface area contributed by atoms with Gasteiger partial charge in [-0.2, -0.15) is 0 Å². The van der Waals surface area contributed by atoms with Crippen LogP contribution in [0.2, 0.25) is 0 Å². The average Bonchev–Trinajstić information content (AvgIpc) is 2.34. The molecule has 0 radical (unpaired) electrons. The van der Waals surface area contributed by atoms with Gasteiger partial charge in [0.05, 0.1) is 0 Å². The first-order valence-electron chi connectivity index (χ1n) is 5.65. The maximum atomic E-state index is 10.7. The van der Waals surface area contributed by atoms with Crippen molar-refractivity contribution >= 4 is 11.9 Å². The lowest BCUT2D eigenvalue weighted by atomic mass is 10.2. The number of rotatable bonds is 8. The van der Waals surface area contributed by atoms with E-state index in [0.29, 0.717) is 12.5 Å². The Hall–Kier alpha value is -1.69. The normalized spacial score (nSPS) is 10.2. The summed E-state index contributed by atoms with van der Waals surface area (Å²) in [6.07, 6.45) is 5.20. The molecule has 6 heteroatoms. The van der Waals surface area contributed by atoms with E-state index in [1.165, 1.54) is 12.3 Å². The number of hydrogen-bond acceptors (Lipinski definition) is 5.